The number of nitrogens with zero attached hydrogens (tertiary/aromatic N) is 2. The van der Waals surface area contributed by atoms with Crippen LogP contribution in [0.3, 0.4) is 0 Å². The van der Waals surface area contributed by atoms with Gasteiger partial charge in [-0.2, -0.15) is 0 Å². The Bertz CT molecular complexity index is 1440. The van der Waals surface area contributed by atoms with Crippen molar-refractivity contribution in [2.24, 2.45) is 0 Å². The molecule has 0 bridgehead atoms. The minimum Gasteiger partial charge on any atom is -0.493 e. The van der Waals surface area contributed by atoms with Gasteiger partial charge in [0.25, 0.3) is 0 Å². The van der Waals surface area contributed by atoms with Gasteiger partial charge in [-0.25, -0.2) is 14.4 Å². The van der Waals surface area contributed by atoms with Crippen molar-refractivity contribution in [2.75, 3.05) is 14.2 Å². The van der Waals surface area contributed by atoms with E-state index in [1.165, 1.54) is 12.1 Å². The van der Waals surface area contributed by atoms with Gasteiger partial charge in [0.1, 0.15) is 11.5 Å². The smallest absolute Gasteiger partial charge is 0.219 e. The predicted octanol–water partition coefficient (Wildman–Crippen LogP) is 6.40. The average molecular weight is 426 g/mol. The third-order valence-electron chi connectivity index (χ3n) is 5.19. The van der Waals surface area contributed by atoms with E-state index in [1.807, 2.05) is 42.5 Å². The van der Waals surface area contributed by atoms with E-state index >= 15 is 0 Å². The van der Waals surface area contributed by atoms with Crippen LogP contribution < -0.4 is 14.2 Å². The van der Waals surface area contributed by atoms with E-state index in [0.29, 0.717) is 34.3 Å². The number of aromatic nitrogens is 2. The molecule has 158 valence electrons. The number of pyridine rings is 2. The second-order valence-corrected chi connectivity index (χ2v) is 7.19. The second-order valence-electron chi connectivity index (χ2n) is 7.19. The average Bonchev–Trinajstić information content (AvgIpc) is 2.83. The molecule has 0 unspecified atom stereocenters. The SMILES string of the molecule is COc1cc2ccc(Oc3cc4ccccc4nc3-c3ccc(F)cc3)nc2cc1OC. The standard InChI is InChI=1S/C26H19FN2O3/c1-30-22-13-18-9-12-25(28-21(18)15-23(22)31-2)32-24-14-17-5-3-4-6-20(17)29-26(24)16-7-10-19(27)11-8-16/h3-15H,1-2H3. The molecule has 0 aliphatic carbocycles. The van der Waals surface area contributed by atoms with Crippen LogP contribution in [-0.2, 0) is 0 Å². The molecule has 0 atom stereocenters. The van der Waals surface area contributed by atoms with Crippen molar-refractivity contribution in [3.05, 3.63) is 84.7 Å². The topological polar surface area (TPSA) is 53.5 Å². The van der Waals surface area contributed by atoms with E-state index in [4.69, 9.17) is 19.2 Å². The number of ether oxygens (including phenoxy) is 3. The first-order valence-corrected chi connectivity index (χ1v) is 10.0. The van der Waals surface area contributed by atoms with Crippen LogP contribution in [0.2, 0.25) is 0 Å². The van der Waals surface area contributed by atoms with Crippen LogP contribution in [0.25, 0.3) is 33.1 Å². The molecule has 3 aromatic carbocycles. The van der Waals surface area contributed by atoms with Gasteiger partial charge >= 0.3 is 0 Å². The molecule has 0 saturated heterocycles. The van der Waals surface area contributed by atoms with E-state index in [9.17, 15) is 4.39 Å². The fourth-order valence-electron chi connectivity index (χ4n) is 3.59. The lowest BCUT2D eigenvalue weighted by molar-refractivity contribution is 0.355. The summed E-state index contributed by atoms with van der Waals surface area (Å²) in [6, 6.07) is 23.2. The van der Waals surface area contributed by atoms with E-state index in [1.54, 1.807) is 38.5 Å². The Kier molecular flexibility index (Phi) is 5.03. The Balaban J connectivity index is 1.61. The van der Waals surface area contributed by atoms with Crippen molar-refractivity contribution in [3.63, 3.8) is 0 Å². The molecular formula is C26H19FN2O3. The summed E-state index contributed by atoms with van der Waals surface area (Å²) in [7, 11) is 3.18. The van der Waals surface area contributed by atoms with Gasteiger partial charge in [0, 0.05) is 28.5 Å². The molecule has 5 rings (SSSR count). The molecule has 32 heavy (non-hydrogen) atoms. The van der Waals surface area contributed by atoms with Crippen LogP contribution in [0, 0.1) is 5.82 Å². The molecular weight excluding hydrogens is 407 g/mol. The molecule has 5 aromatic rings. The zero-order valence-electron chi connectivity index (χ0n) is 17.5. The number of fused-ring (bicyclic) bond motifs is 2. The summed E-state index contributed by atoms with van der Waals surface area (Å²) in [5, 5.41) is 1.82. The highest BCUT2D eigenvalue weighted by atomic mass is 19.1. The number of methoxy groups -OCH3 is 2. The van der Waals surface area contributed by atoms with Gasteiger partial charge in [-0.1, -0.05) is 18.2 Å². The molecule has 0 fully saturated rings. The van der Waals surface area contributed by atoms with Crippen molar-refractivity contribution in [2.45, 2.75) is 0 Å². The van der Waals surface area contributed by atoms with Crippen molar-refractivity contribution < 1.29 is 18.6 Å². The van der Waals surface area contributed by atoms with Crippen molar-refractivity contribution in [3.8, 4) is 34.4 Å². The predicted molar refractivity (Wildman–Crippen MR) is 122 cm³/mol. The molecule has 0 amide bonds. The Morgan fingerprint density at radius 2 is 1.34 bits per heavy atom. The maximum Gasteiger partial charge on any atom is 0.219 e. The minimum atomic E-state index is -0.308. The summed E-state index contributed by atoms with van der Waals surface area (Å²) in [6.07, 6.45) is 0. The van der Waals surface area contributed by atoms with Crippen molar-refractivity contribution in [1.29, 1.82) is 0 Å². The first-order chi connectivity index (χ1) is 15.6. The Labute approximate surface area is 184 Å². The second kappa shape index (κ2) is 8.15. The van der Waals surface area contributed by atoms with Crippen LogP contribution in [0.4, 0.5) is 4.39 Å². The monoisotopic (exact) mass is 426 g/mol. The maximum absolute atomic E-state index is 13.5. The largest absolute Gasteiger partial charge is 0.493 e. The number of rotatable bonds is 5. The fraction of sp³-hybridized carbons (Fsp3) is 0.0769. The van der Waals surface area contributed by atoms with Gasteiger partial charge in [-0.05, 0) is 48.5 Å². The summed E-state index contributed by atoms with van der Waals surface area (Å²) in [5.41, 5.74) is 2.89. The van der Waals surface area contributed by atoms with Crippen LogP contribution in [0.5, 0.6) is 23.1 Å². The van der Waals surface area contributed by atoms with Crippen LogP contribution in [-0.4, -0.2) is 24.2 Å². The number of benzene rings is 3. The normalized spacial score (nSPS) is 11.0. The van der Waals surface area contributed by atoms with Gasteiger partial charge in [0.15, 0.2) is 17.2 Å². The van der Waals surface area contributed by atoms with Gasteiger partial charge in [0.2, 0.25) is 5.88 Å². The summed E-state index contributed by atoms with van der Waals surface area (Å²) in [6.45, 7) is 0. The fourth-order valence-corrected chi connectivity index (χ4v) is 3.59. The molecule has 5 nitrogen and oxygen atoms in total. The molecule has 0 N–H and O–H groups in total. The number of hydrogen-bond donors (Lipinski definition) is 0. The number of para-hydroxylation sites is 1. The summed E-state index contributed by atoms with van der Waals surface area (Å²) >= 11 is 0. The van der Waals surface area contributed by atoms with E-state index in [2.05, 4.69) is 4.98 Å². The molecule has 2 aromatic heterocycles. The third-order valence-corrected chi connectivity index (χ3v) is 5.19. The highest BCUT2D eigenvalue weighted by Gasteiger charge is 2.14. The van der Waals surface area contributed by atoms with Crippen LogP contribution in [0.1, 0.15) is 0 Å². The van der Waals surface area contributed by atoms with Crippen molar-refractivity contribution in [1.82, 2.24) is 9.97 Å². The van der Waals surface area contributed by atoms with Gasteiger partial charge in [0.05, 0.1) is 25.3 Å². The van der Waals surface area contributed by atoms with E-state index < -0.39 is 0 Å². The minimum absolute atomic E-state index is 0.308. The van der Waals surface area contributed by atoms with E-state index in [0.717, 1.165) is 21.9 Å². The third kappa shape index (κ3) is 3.67. The molecule has 0 radical (unpaired) electrons. The molecule has 6 heteroatoms. The summed E-state index contributed by atoms with van der Waals surface area (Å²) in [4.78, 5) is 9.41. The van der Waals surface area contributed by atoms with Crippen LogP contribution >= 0.6 is 0 Å². The molecule has 0 saturated carbocycles. The van der Waals surface area contributed by atoms with Gasteiger partial charge in [-0.15, -0.1) is 0 Å². The molecule has 2 heterocycles. The first-order valence-electron chi connectivity index (χ1n) is 10.0. The highest BCUT2D eigenvalue weighted by Crippen LogP contribution is 2.36. The zero-order valence-corrected chi connectivity index (χ0v) is 17.5. The Morgan fingerprint density at radius 1 is 0.656 bits per heavy atom. The summed E-state index contributed by atoms with van der Waals surface area (Å²) in [5.74, 6) is 1.85. The summed E-state index contributed by atoms with van der Waals surface area (Å²) < 4.78 is 30.4. The van der Waals surface area contributed by atoms with E-state index in [-0.39, 0.29) is 5.82 Å². The number of halogens is 1. The van der Waals surface area contributed by atoms with Gasteiger partial charge < -0.3 is 14.2 Å². The van der Waals surface area contributed by atoms with Crippen LogP contribution in [0.15, 0.2) is 78.9 Å². The first kappa shape index (κ1) is 19.8. The Morgan fingerprint density at radius 3 is 2.12 bits per heavy atom. The zero-order chi connectivity index (χ0) is 22.1. The van der Waals surface area contributed by atoms with Crippen molar-refractivity contribution >= 4 is 21.8 Å². The molecule has 0 spiro atoms. The number of hydrogen-bond acceptors (Lipinski definition) is 5. The lowest BCUT2D eigenvalue weighted by atomic mass is 10.1. The maximum atomic E-state index is 13.5. The van der Waals surface area contributed by atoms with Gasteiger partial charge in [-0.3, -0.25) is 0 Å². The molecule has 0 aliphatic rings. The quantitative estimate of drug-likeness (QED) is 0.326. The highest BCUT2D eigenvalue weighted by molar-refractivity contribution is 5.86. The lowest BCUT2D eigenvalue weighted by Gasteiger charge is -2.13. The Hall–Kier alpha value is -4.19. The lowest BCUT2D eigenvalue weighted by Crippen LogP contribution is -1.96. The molecule has 0 aliphatic heterocycles.